The Labute approximate surface area is 88.8 Å². The molecule has 1 heterocycles. The lowest BCUT2D eigenvalue weighted by atomic mass is 9.76. The minimum atomic E-state index is -0.229. The van der Waals surface area contributed by atoms with Crippen molar-refractivity contribution in [2.45, 2.75) is 31.3 Å². The van der Waals surface area contributed by atoms with Crippen molar-refractivity contribution in [2.75, 3.05) is 6.54 Å². The maximum absolute atomic E-state index is 10.1. The molecule has 78 valence electrons. The fraction of sp³-hybridized carbons (Fsp3) is 0.636. The summed E-state index contributed by atoms with van der Waals surface area (Å²) >= 11 is 1.70. The highest BCUT2D eigenvalue weighted by Gasteiger charge is 2.32. The van der Waals surface area contributed by atoms with Crippen molar-refractivity contribution >= 4 is 11.3 Å². The van der Waals surface area contributed by atoms with E-state index in [1.54, 1.807) is 11.3 Å². The van der Waals surface area contributed by atoms with Gasteiger partial charge in [-0.15, -0.1) is 11.3 Å². The quantitative estimate of drug-likeness (QED) is 0.799. The summed E-state index contributed by atoms with van der Waals surface area (Å²) in [6.45, 7) is 0.554. The minimum absolute atomic E-state index is 0.153. The molecule has 0 bridgehead atoms. The summed E-state index contributed by atoms with van der Waals surface area (Å²) in [5, 5.41) is 12.2. The lowest BCUT2D eigenvalue weighted by Gasteiger charge is -2.34. The molecule has 0 radical (unpaired) electrons. The van der Waals surface area contributed by atoms with E-state index >= 15 is 0 Å². The summed E-state index contributed by atoms with van der Waals surface area (Å²) in [7, 11) is 0. The molecule has 1 saturated carbocycles. The fourth-order valence-corrected chi connectivity index (χ4v) is 2.92. The van der Waals surface area contributed by atoms with Gasteiger partial charge in [-0.25, -0.2) is 0 Å². The van der Waals surface area contributed by atoms with Gasteiger partial charge in [0.15, 0.2) is 0 Å². The van der Waals surface area contributed by atoms with Crippen molar-refractivity contribution in [1.82, 2.24) is 0 Å². The van der Waals surface area contributed by atoms with Crippen LogP contribution in [0.1, 0.15) is 30.1 Å². The highest BCUT2D eigenvalue weighted by molar-refractivity contribution is 7.10. The summed E-state index contributed by atoms with van der Waals surface area (Å²) in [5.41, 5.74) is 5.73. The van der Waals surface area contributed by atoms with E-state index in [9.17, 15) is 5.11 Å². The van der Waals surface area contributed by atoms with E-state index in [1.807, 2.05) is 11.4 Å². The van der Waals surface area contributed by atoms with Crippen LogP contribution in [0.5, 0.6) is 0 Å². The Morgan fingerprint density at radius 1 is 1.57 bits per heavy atom. The molecule has 2 rings (SSSR count). The molecule has 1 aliphatic carbocycles. The van der Waals surface area contributed by atoms with Crippen LogP contribution in [0.15, 0.2) is 17.5 Å². The lowest BCUT2D eigenvalue weighted by Crippen LogP contribution is -2.35. The molecule has 0 spiro atoms. The third-order valence-corrected chi connectivity index (χ3v) is 4.21. The topological polar surface area (TPSA) is 46.2 Å². The summed E-state index contributed by atoms with van der Waals surface area (Å²) < 4.78 is 0. The molecule has 2 nitrogen and oxygen atoms in total. The second kappa shape index (κ2) is 4.43. The number of thiophene rings is 1. The maximum Gasteiger partial charge on any atom is 0.0656 e. The standard InChI is InChI=1S/C11H17NOS/c12-7-9(10-5-2-6-14-10)11(13)8-3-1-4-8/h2,5-6,8-9,11,13H,1,3-4,7,12H2. The normalized spacial score (nSPS) is 21.6. The summed E-state index contributed by atoms with van der Waals surface area (Å²) in [6.07, 6.45) is 3.38. The first-order valence-electron chi connectivity index (χ1n) is 5.24. The molecule has 2 atom stereocenters. The molecular formula is C11H17NOS. The molecule has 1 aromatic heterocycles. The Morgan fingerprint density at radius 3 is 2.79 bits per heavy atom. The van der Waals surface area contributed by atoms with Crippen molar-refractivity contribution in [3.05, 3.63) is 22.4 Å². The Hall–Kier alpha value is -0.380. The number of aliphatic hydroxyl groups excluding tert-OH is 1. The average Bonchev–Trinajstić information content (AvgIpc) is 2.55. The molecule has 14 heavy (non-hydrogen) atoms. The molecule has 1 aromatic rings. The minimum Gasteiger partial charge on any atom is -0.392 e. The second-order valence-electron chi connectivity index (χ2n) is 4.04. The smallest absolute Gasteiger partial charge is 0.0656 e. The van der Waals surface area contributed by atoms with E-state index in [-0.39, 0.29) is 12.0 Å². The van der Waals surface area contributed by atoms with Crippen LogP contribution < -0.4 is 5.73 Å². The van der Waals surface area contributed by atoms with Crippen molar-refractivity contribution in [3.8, 4) is 0 Å². The van der Waals surface area contributed by atoms with Gasteiger partial charge in [0.1, 0.15) is 0 Å². The molecule has 2 unspecified atom stereocenters. The van der Waals surface area contributed by atoms with Crippen LogP contribution in [0, 0.1) is 5.92 Å². The van der Waals surface area contributed by atoms with Gasteiger partial charge in [0.05, 0.1) is 6.10 Å². The number of hydrogen-bond donors (Lipinski definition) is 2. The van der Waals surface area contributed by atoms with Gasteiger partial charge < -0.3 is 10.8 Å². The summed E-state index contributed by atoms with van der Waals surface area (Å²) in [4.78, 5) is 1.23. The predicted molar refractivity (Wildman–Crippen MR) is 59.5 cm³/mol. The zero-order valence-corrected chi connectivity index (χ0v) is 9.04. The van der Waals surface area contributed by atoms with Crippen LogP contribution in [0.2, 0.25) is 0 Å². The van der Waals surface area contributed by atoms with Gasteiger partial charge in [0.25, 0.3) is 0 Å². The SMILES string of the molecule is NCC(c1cccs1)C(O)C1CCC1. The van der Waals surface area contributed by atoms with Crippen LogP contribution >= 0.6 is 11.3 Å². The molecule has 0 saturated heterocycles. The number of hydrogen-bond acceptors (Lipinski definition) is 3. The first-order chi connectivity index (χ1) is 6.83. The van der Waals surface area contributed by atoms with Gasteiger partial charge in [-0.05, 0) is 30.2 Å². The van der Waals surface area contributed by atoms with Crippen molar-refractivity contribution in [2.24, 2.45) is 11.7 Å². The molecular weight excluding hydrogens is 194 g/mol. The van der Waals surface area contributed by atoms with Gasteiger partial charge >= 0.3 is 0 Å². The predicted octanol–water partition coefficient (Wildman–Crippen LogP) is 1.95. The van der Waals surface area contributed by atoms with Crippen LogP contribution in [-0.4, -0.2) is 17.8 Å². The molecule has 0 aromatic carbocycles. The third-order valence-electron chi connectivity index (χ3n) is 3.21. The van der Waals surface area contributed by atoms with Crippen molar-refractivity contribution in [1.29, 1.82) is 0 Å². The second-order valence-corrected chi connectivity index (χ2v) is 5.02. The highest BCUT2D eigenvalue weighted by atomic mass is 32.1. The van der Waals surface area contributed by atoms with Crippen molar-refractivity contribution in [3.63, 3.8) is 0 Å². The van der Waals surface area contributed by atoms with E-state index in [2.05, 4.69) is 6.07 Å². The zero-order valence-electron chi connectivity index (χ0n) is 8.23. The molecule has 1 aliphatic rings. The van der Waals surface area contributed by atoms with E-state index in [4.69, 9.17) is 5.73 Å². The molecule has 3 N–H and O–H groups in total. The summed E-state index contributed by atoms with van der Waals surface area (Å²) in [6, 6.07) is 4.10. The average molecular weight is 211 g/mol. The lowest BCUT2D eigenvalue weighted by molar-refractivity contribution is 0.0428. The van der Waals surface area contributed by atoms with Crippen LogP contribution in [0.3, 0.4) is 0 Å². The fourth-order valence-electron chi connectivity index (χ4n) is 2.04. The Morgan fingerprint density at radius 2 is 2.36 bits per heavy atom. The Kier molecular flexibility index (Phi) is 3.21. The van der Waals surface area contributed by atoms with Gasteiger partial charge in [-0.1, -0.05) is 12.5 Å². The largest absolute Gasteiger partial charge is 0.392 e. The van der Waals surface area contributed by atoms with Gasteiger partial charge in [0, 0.05) is 17.3 Å². The first-order valence-corrected chi connectivity index (χ1v) is 6.12. The molecule has 0 amide bonds. The van der Waals surface area contributed by atoms with Gasteiger partial charge in [-0.2, -0.15) is 0 Å². The highest BCUT2D eigenvalue weighted by Crippen LogP contribution is 2.36. The van der Waals surface area contributed by atoms with E-state index in [1.165, 1.54) is 24.1 Å². The monoisotopic (exact) mass is 211 g/mol. The van der Waals surface area contributed by atoms with E-state index < -0.39 is 0 Å². The summed E-state index contributed by atoms with van der Waals surface area (Å²) in [5.74, 6) is 0.644. The first kappa shape index (κ1) is 10.1. The van der Waals surface area contributed by atoms with Crippen LogP contribution in [0.25, 0.3) is 0 Å². The number of rotatable bonds is 4. The number of aliphatic hydroxyl groups is 1. The maximum atomic E-state index is 10.1. The van der Waals surface area contributed by atoms with E-state index in [0.29, 0.717) is 12.5 Å². The molecule has 3 heteroatoms. The Bertz CT molecular complexity index is 269. The van der Waals surface area contributed by atoms with Crippen LogP contribution in [0.4, 0.5) is 0 Å². The number of nitrogens with two attached hydrogens (primary N) is 1. The Balaban J connectivity index is 2.04. The zero-order chi connectivity index (χ0) is 9.97. The molecule has 1 fully saturated rings. The van der Waals surface area contributed by atoms with E-state index in [0.717, 1.165) is 0 Å². The third kappa shape index (κ3) is 1.85. The molecule has 0 aliphatic heterocycles. The van der Waals surface area contributed by atoms with Gasteiger partial charge in [0.2, 0.25) is 0 Å². The van der Waals surface area contributed by atoms with Crippen LogP contribution in [-0.2, 0) is 0 Å². The van der Waals surface area contributed by atoms with Crippen molar-refractivity contribution < 1.29 is 5.11 Å². The van der Waals surface area contributed by atoms with Gasteiger partial charge in [-0.3, -0.25) is 0 Å².